The van der Waals surface area contributed by atoms with E-state index < -0.39 is 5.97 Å². The van der Waals surface area contributed by atoms with Gasteiger partial charge >= 0.3 is 5.97 Å². The van der Waals surface area contributed by atoms with Gasteiger partial charge in [-0.25, -0.2) is 4.98 Å². The van der Waals surface area contributed by atoms with Crippen molar-refractivity contribution in [3.05, 3.63) is 59.5 Å². The predicted octanol–water partition coefficient (Wildman–Crippen LogP) is 3.92. The van der Waals surface area contributed by atoms with Crippen molar-refractivity contribution in [1.82, 2.24) is 4.98 Å². The molecule has 2 aromatic carbocycles. The third-order valence-corrected chi connectivity index (χ3v) is 4.38. The van der Waals surface area contributed by atoms with E-state index in [9.17, 15) is 4.79 Å². The van der Waals surface area contributed by atoms with E-state index in [0.717, 1.165) is 17.0 Å². The minimum atomic E-state index is -0.872. The van der Waals surface area contributed by atoms with Crippen molar-refractivity contribution in [2.24, 2.45) is 0 Å². The Hall–Kier alpha value is -3.48. The number of carboxylic acids is 1. The lowest BCUT2D eigenvalue weighted by molar-refractivity contribution is -0.136. The van der Waals surface area contributed by atoms with Gasteiger partial charge in [-0.15, -0.1) is 0 Å². The summed E-state index contributed by atoms with van der Waals surface area (Å²) in [6.07, 6.45) is 0.528. The summed E-state index contributed by atoms with van der Waals surface area (Å²) in [5.74, 6) is 2.22. The van der Waals surface area contributed by atoms with Gasteiger partial charge in [-0.05, 0) is 42.8 Å². The van der Waals surface area contributed by atoms with Crippen LogP contribution >= 0.6 is 0 Å². The van der Waals surface area contributed by atoms with Crippen LogP contribution in [0.3, 0.4) is 0 Å². The highest BCUT2D eigenvalue weighted by atomic mass is 16.5. The van der Waals surface area contributed by atoms with Crippen molar-refractivity contribution in [2.75, 3.05) is 20.8 Å². The molecule has 0 atom stereocenters. The predicted molar refractivity (Wildman–Crippen MR) is 107 cm³/mol. The van der Waals surface area contributed by atoms with Crippen LogP contribution in [0.2, 0.25) is 0 Å². The van der Waals surface area contributed by atoms with Gasteiger partial charge in [0.15, 0.2) is 11.5 Å². The molecule has 7 heteroatoms. The number of methoxy groups -OCH3 is 2. The number of nitrogens with zero attached hydrogens (tertiary/aromatic N) is 1. The maximum Gasteiger partial charge on any atom is 0.307 e. The van der Waals surface area contributed by atoms with Crippen LogP contribution in [-0.4, -0.2) is 36.9 Å². The Labute approximate surface area is 168 Å². The van der Waals surface area contributed by atoms with Crippen LogP contribution in [0.4, 0.5) is 0 Å². The monoisotopic (exact) mass is 397 g/mol. The quantitative estimate of drug-likeness (QED) is 0.585. The molecule has 7 nitrogen and oxygen atoms in total. The maximum absolute atomic E-state index is 10.8. The lowest BCUT2D eigenvalue weighted by atomic mass is 10.1. The number of ether oxygens (including phenoxy) is 3. The molecule has 3 rings (SSSR count). The highest BCUT2D eigenvalue weighted by Gasteiger charge is 2.14. The zero-order valence-electron chi connectivity index (χ0n) is 16.6. The van der Waals surface area contributed by atoms with Crippen LogP contribution in [0.5, 0.6) is 17.2 Å². The average Bonchev–Trinajstić information content (AvgIpc) is 3.08. The first-order valence-electron chi connectivity index (χ1n) is 9.12. The number of hydrogen-bond donors (Lipinski definition) is 1. The van der Waals surface area contributed by atoms with Crippen LogP contribution in [0.1, 0.15) is 17.0 Å². The first kappa shape index (κ1) is 20.3. The van der Waals surface area contributed by atoms with Crippen molar-refractivity contribution in [1.29, 1.82) is 0 Å². The van der Waals surface area contributed by atoms with E-state index in [2.05, 4.69) is 4.98 Å². The molecule has 0 saturated heterocycles. The summed E-state index contributed by atoms with van der Waals surface area (Å²) in [4.78, 5) is 15.4. The van der Waals surface area contributed by atoms with E-state index >= 15 is 0 Å². The summed E-state index contributed by atoms with van der Waals surface area (Å²) in [5.41, 5.74) is 2.29. The molecule has 152 valence electrons. The molecule has 0 unspecified atom stereocenters. The molecule has 29 heavy (non-hydrogen) atoms. The van der Waals surface area contributed by atoms with Gasteiger partial charge in [-0.2, -0.15) is 0 Å². The summed E-state index contributed by atoms with van der Waals surface area (Å²) in [7, 11) is 3.17. The van der Waals surface area contributed by atoms with Gasteiger partial charge in [0.1, 0.15) is 11.5 Å². The smallest absolute Gasteiger partial charge is 0.307 e. The Morgan fingerprint density at radius 1 is 1.10 bits per heavy atom. The molecule has 0 aliphatic carbocycles. The Balaban J connectivity index is 1.66. The minimum absolute atomic E-state index is 0.0335. The number of aliphatic carboxylic acids is 1. The number of carbonyl (C=O) groups is 1. The Bertz CT molecular complexity index is 995. The molecule has 1 heterocycles. The minimum Gasteiger partial charge on any atom is -0.493 e. The highest BCUT2D eigenvalue weighted by Crippen LogP contribution is 2.32. The molecular weight excluding hydrogens is 374 g/mol. The largest absolute Gasteiger partial charge is 0.493 e. The van der Waals surface area contributed by atoms with Gasteiger partial charge in [0.25, 0.3) is 0 Å². The number of aromatic nitrogens is 1. The SMILES string of the molecule is COc1ccc(-c2nc(CCOc3cccc(CC(=O)O)c3)c(C)o2)cc1OC. The van der Waals surface area contributed by atoms with Gasteiger partial charge in [-0.3, -0.25) is 4.79 Å². The number of carboxylic acid groups (broad SMARTS) is 1. The summed E-state index contributed by atoms with van der Waals surface area (Å²) in [5, 5.41) is 8.90. The van der Waals surface area contributed by atoms with E-state index in [1.54, 1.807) is 44.6 Å². The fourth-order valence-corrected chi connectivity index (χ4v) is 2.94. The Morgan fingerprint density at radius 3 is 2.62 bits per heavy atom. The normalized spacial score (nSPS) is 10.6. The van der Waals surface area contributed by atoms with Crippen molar-refractivity contribution in [3.8, 4) is 28.7 Å². The summed E-state index contributed by atoms with van der Waals surface area (Å²) in [6, 6.07) is 12.6. The zero-order valence-corrected chi connectivity index (χ0v) is 16.6. The number of hydrogen-bond acceptors (Lipinski definition) is 6. The number of oxazole rings is 1. The average molecular weight is 397 g/mol. The van der Waals surface area contributed by atoms with E-state index in [0.29, 0.717) is 41.7 Å². The molecule has 0 amide bonds. The summed E-state index contributed by atoms with van der Waals surface area (Å²) in [6.45, 7) is 2.26. The summed E-state index contributed by atoms with van der Waals surface area (Å²) >= 11 is 0. The number of benzene rings is 2. The molecule has 0 aliphatic heterocycles. The van der Waals surface area contributed by atoms with Gasteiger partial charge in [-0.1, -0.05) is 12.1 Å². The van der Waals surface area contributed by atoms with Crippen molar-refractivity contribution >= 4 is 5.97 Å². The van der Waals surface area contributed by atoms with Crippen LogP contribution in [-0.2, 0) is 17.6 Å². The lowest BCUT2D eigenvalue weighted by Gasteiger charge is -2.07. The standard InChI is InChI=1S/C22H23NO6/c1-14-18(9-10-28-17-6-4-5-15(11-17)12-21(24)25)23-22(29-14)16-7-8-19(26-2)20(13-16)27-3/h4-8,11,13H,9-10,12H2,1-3H3,(H,24,25). The highest BCUT2D eigenvalue weighted by molar-refractivity contribution is 5.70. The van der Waals surface area contributed by atoms with E-state index in [4.69, 9.17) is 23.7 Å². The molecule has 0 aliphatic rings. The second-order valence-electron chi connectivity index (χ2n) is 6.41. The van der Waals surface area contributed by atoms with Crippen LogP contribution in [0.15, 0.2) is 46.9 Å². The summed E-state index contributed by atoms with van der Waals surface area (Å²) < 4.78 is 22.2. The van der Waals surface area contributed by atoms with Crippen molar-refractivity contribution in [3.63, 3.8) is 0 Å². The Kier molecular flexibility index (Phi) is 6.39. The molecular formula is C22H23NO6. The van der Waals surface area contributed by atoms with Crippen molar-refractivity contribution < 1.29 is 28.5 Å². The van der Waals surface area contributed by atoms with E-state index in [-0.39, 0.29) is 6.42 Å². The van der Waals surface area contributed by atoms with Gasteiger partial charge in [0.2, 0.25) is 5.89 Å². The lowest BCUT2D eigenvalue weighted by Crippen LogP contribution is -2.04. The van der Waals surface area contributed by atoms with E-state index in [1.807, 2.05) is 19.1 Å². The fraction of sp³-hybridized carbons (Fsp3) is 0.273. The molecule has 0 saturated carbocycles. The van der Waals surface area contributed by atoms with Crippen LogP contribution in [0.25, 0.3) is 11.5 Å². The van der Waals surface area contributed by atoms with Crippen LogP contribution in [0, 0.1) is 6.92 Å². The molecule has 0 radical (unpaired) electrons. The molecule has 0 bridgehead atoms. The first-order chi connectivity index (χ1) is 14.0. The third kappa shape index (κ3) is 5.07. The molecule has 3 aromatic rings. The van der Waals surface area contributed by atoms with Crippen molar-refractivity contribution in [2.45, 2.75) is 19.8 Å². The molecule has 1 N–H and O–H groups in total. The number of rotatable bonds is 9. The molecule has 0 spiro atoms. The van der Waals surface area contributed by atoms with E-state index in [1.165, 1.54) is 0 Å². The van der Waals surface area contributed by atoms with Gasteiger partial charge in [0, 0.05) is 12.0 Å². The maximum atomic E-state index is 10.8. The Morgan fingerprint density at radius 2 is 1.90 bits per heavy atom. The number of aryl methyl sites for hydroxylation is 1. The second kappa shape index (κ2) is 9.14. The zero-order chi connectivity index (χ0) is 20.8. The van der Waals surface area contributed by atoms with Gasteiger partial charge in [0.05, 0.1) is 32.9 Å². The topological polar surface area (TPSA) is 91.0 Å². The third-order valence-electron chi connectivity index (χ3n) is 4.38. The van der Waals surface area contributed by atoms with Crippen LogP contribution < -0.4 is 14.2 Å². The second-order valence-corrected chi connectivity index (χ2v) is 6.41. The van der Waals surface area contributed by atoms with Gasteiger partial charge < -0.3 is 23.7 Å². The first-order valence-corrected chi connectivity index (χ1v) is 9.12. The fourth-order valence-electron chi connectivity index (χ4n) is 2.94. The molecule has 1 aromatic heterocycles. The molecule has 0 fully saturated rings.